The molecule has 0 spiro atoms. The first-order valence-corrected chi connectivity index (χ1v) is 21.8. The molecule has 17 heteroatoms. The molecule has 6 heterocycles. The van der Waals surface area contributed by atoms with E-state index in [9.17, 15) is 19.2 Å². The zero-order valence-electron chi connectivity index (χ0n) is 35.2. The Labute approximate surface area is 369 Å². The van der Waals surface area contributed by atoms with Crippen LogP contribution in [0.5, 0.6) is 0 Å². The molecule has 63 heavy (non-hydrogen) atoms. The SMILES string of the molecule is Cc1nc(NC(=O)c2ccc(-c3nn4c(c3C(N)=O)Nc3ccc(N5CCN(CC6CCN(c7ccc(N8CCC(=O)NC8=O)cc7)CC6)CC5)cc3CC4)c(F)c2C)ccc1Cl. The van der Waals surface area contributed by atoms with E-state index in [1.54, 1.807) is 28.6 Å². The van der Waals surface area contributed by atoms with E-state index in [0.29, 0.717) is 48.4 Å². The van der Waals surface area contributed by atoms with Gasteiger partial charge in [-0.25, -0.2) is 18.9 Å². The highest BCUT2D eigenvalue weighted by Gasteiger charge is 2.30. The van der Waals surface area contributed by atoms with Gasteiger partial charge in [0, 0.05) is 99.2 Å². The number of piperazine rings is 1. The van der Waals surface area contributed by atoms with E-state index in [0.717, 1.165) is 87.0 Å². The van der Waals surface area contributed by atoms with E-state index in [2.05, 4.69) is 59.9 Å². The summed E-state index contributed by atoms with van der Waals surface area (Å²) in [7, 11) is 0. The number of primary amides is 1. The van der Waals surface area contributed by atoms with Crippen LogP contribution in [0.1, 0.15) is 56.8 Å². The summed E-state index contributed by atoms with van der Waals surface area (Å²) in [4.78, 5) is 63.3. The fourth-order valence-electron chi connectivity index (χ4n) is 9.12. The van der Waals surface area contributed by atoms with Gasteiger partial charge < -0.3 is 26.2 Å². The highest BCUT2D eigenvalue weighted by Crippen LogP contribution is 2.38. The maximum Gasteiger partial charge on any atom is 0.328 e. The monoisotopic (exact) mass is 873 g/mol. The molecule has 0 unspecified atom stereocenters. The first-order chi connectivity index (χ1) is 30.4. The van der Waals surface area contributed by atoms with Crippen LogP contribution in [0.3, 0.4) is 0 Å². The van der Waals surface area contributed by atoms with Crippen molar-refractivity contribution in [2.24, 2.45) is 11.7 Å². The van der Waals surface area contributed by atoms with Crippen molar-refractivity contribution in [2.45, 2.75) is 46.1 Å². The molecule has 4 aliphatic rings. The number of anilines is 6. The van der Waals surface area contributed by atoms with E-state index in [1.165, 1.54) is 19.1 Å². The maximum atomic E-state index is 16.1. The number of carbonyl (C=O) groups is 4. The van der Waals surface area contributed by atoms with Crippen LogP contribution in [-0.2, 0) is 17.8 Å². The molecule has 326 valence electrons. The lowest BCUT2D eigenvalue weighted by Crippen LogP contribution is -2.49. The summed E-state index contributed by atoms with van der Waals surface area (Å²) < 4.78 is 17.8. The molecule has 9 rings (SSSR count). The number of halogens is 2. The van der Waals surface area contributed by atoms with Crippen LogP contribution in [0.25, 0.3) is 11.3 Å². The standard InChI is InChI=1S/C46H49ClFN11O4/c1-27-34(45(62)52-38-12-10-36(47)28(2)50-38)8-9-35(41(27)48)42-40(43(49)61)44-51-37-11-7-33(25-30(37)15-20-59(44)54-42)57-23-21-55(22-24-57)26-29-13-17-56(18-14-29)31-3-5-32(6-4-31)58-19-16-39(60)53-46(58)63/h3-12,25,29,51H,13-24,26H2,1-2H3,(H2,49,61)(H,50,52,62)(H,53,60,63). The van der Waals surface area contributed by atoms with Gasteiger partial charge in [0.1, 0.15) is 28.7 Å². The van der Waals surface area contributed by atoms with E-state index >= 15 is 4.39 Å². The minimum atomic E-state index is -0.748. The number of fused-ring (bicyclic) bond motifs is 2. The predicted octanol–water partition coefficient (Wildman–Crippen LogP) is 6.49. The molecule has 0 saturated carbocycles. The Kier molecular flexibility index (Phi) is 11.5. The Morgan fingerprint density at radius 3 is 2.27 bits per heavy atom. The number of nitrogens with one attached hydrogen (secondary N) is 3. The largest absolute Gasteiger partial charge is 0.372 e. The van der Waals surface area contributed by atoms with E-state index < -0.39 is 17.6 Å². The molecule has 3 saturated heterocycles. The summed E-state index contributed by atoms with van der Waals surface area (Å²) in [5, 5.41) is 13.7. The van der Waals surface area contributed by atoms with E-state index in [4.69, 9.17) is 22.4 Å². The van der Waals surface area contributed by atoms with Crippen molar-refractivity contribution in [3.63, 3.8) is 0 Å². The number of aryl methyl sites for hydroxylation is 3. The van der Waals surface area contributed by atoms with Crippen LogP contribution in [-0.4, -0.2) is 95.8 Å². The number of imide groups is 1. The average molecular weight is 874 g/mol. The third-order valence-corrected chi connectivity index (χ3v) is 13.1. The molecule has 3 aromatic carbocycles. The van der Waals surface area contributed by atoms with Crippen LogP contribution in [0.15, 0.2) is 66.7 Å². The quantitative estimate of drug-likeness (QED) is 0.128. The van der Waals surface area contributed by atoms with Crippen molar-refractivity contribution in [3.05, 3.63) is 106 Å². The van der Waals surface area contributed by atoms with Gasteiger partial charge in [-0.15, -0.1) is 0 Å². The minimum Gasteiger partial charge on any atom is -0.372 e. The number of benzene rings is 3. The van der Waals surface area contributed by atoms with Crippen LogP contribution in [0.4, 0.5) is 43.6 Å². The number of nitrogens with zero attached hydrogens (tertiary/aromatic N) is 7. The number of nitrogens with two attached hydrogens (primary N) is 1. The molecule has 15 nitrogen and oxygen atoms in total. The number of aromatic nitrogens is 3. The summed E-state index contributed by atoms with van der Waals surface area (Å²) in [5.41, 5.74) is 11.9. The van der Waals surface area contributed by atoms with Crippen LogP contribution >= 0.6 is 11.6 Å². The molecule has 0 radical (unpaired) electrons. The number of hydrogen-bond acceptors (Lipinski definition) is 10. The minimum absolute atomic E-state index is 0.0650. The highest BCUT2D eigenvalue weighted by atomic mass is 35.5. The third kappa shape index (κ3) is 8.52. The Hall–Kier alpha value is -6.52. The summed E-state index contributed by atoms with van der Waals surface area (Å²) in [6, 6.07) is 20.2. The van der Waals surface area contributed by atoms with Gasteiger partial charge in [0.25, 0.3) is 11.8 Å². The topological polar surface area (TPSA) is 174 Å². The number of hydrogen-bond donors (Lipinski definition) is 4. The molecular formula is C46H49ClFN11O4. The van der Waals surface area contributed by atoms with Gasteiger partial charge in [0.05, 0.1) is 10.7 Å². The Morgan fingerprint density at radius 1 is 0.841 bits per heavy atom. The van der Waals surface area contributed by atoms with Gasteiger partial charge in [0.15, 0.2) is 0 Å². The average Bonchev–Trinajstić information content (AvgIpc) is 3.54. The van der Waals surface area contributed by atoms with Crippen LogP contribution in [0.2, 0.25) is 5.02 Å². The molecule has 4 aliphatic heterocycles. The molecule has 5 N–H and O–H groups in total. The molecule has 0 aliphatic carbocycles. The molecule has 0 atom stereocenters. The summed E-state index contributed by atoms with van der Waals surface area (Å²) in [6.45, 7) is 10.9. The lowest BCUT2D eigenvalue weighted by molar-refractivity contribution is -0.120. The second-order valence-corrected chi connectivity index (χ2v) is 17.1. The number of carbonyl (C=O) groups excluding carboxylic acids is 4. The molecule has 0 bridgehead atoms. The Bertz CT molecular complexity index is 2620. The van der Waals surface area contributed by atoms with Gasteiger partial charge in [-0.05, 0) is 117 Å². The number of pyridine rings is 1. The lowest BCUT2D eigenvalue weighted by atomic mass is 9.95. The van der Waals surface area contributed by atoms with Crippen molar-refractivity contribution in [1.29, 1.82) is 0 Å². The summed E-state index contributed by atoms with van der Waals surface area (Å²) in [5.74, 6) is -0.885. The molecule has 5 aromatic rings. The smallest absolute Gasteiger partial charge is 0.328 e. The number of urea groups is 1. The zero-order valence-corrected chi connectivity index (χ0v) is 36.0. The predicted molar refractivity (Wildman–Crippen MR) is 242 cm³/mol. The molecule has 3 fully saturated rings. The zero-order chi connectivity index (χ0) is 43.9. The van der Waals surface area contributed by atoms with Gasteiger partial charge in [-0.3, -0.25) is 29.5 Å². The number of rotatable bonds is 9. The first kappa shape index (κ1) is 41.8. The van der Waals surface area contributed by atoms with Crippen molar-refractivity contribution >= 4 is 69.7 Å². The Morgan fingerprint density at radius 2 is 1.56 bits per heavy atom. The van der Waals surface area contributed by atoms with Crippen molar-refractivity contribution in [2.75, 3.05) is 77.7 Å². The van der Waals surface area contributed by atoms with Gasteiger partial charge >= 0.3 is 6.03 Å². The fourth-order valence-corrected chi connectivity index (χ4v) is 9.23. The van der Waals surface area contributed by atoms with Crippen molar-refractivity contribution in [1.82, 2.24) is 25.0 Å². The summed E-state index contributed by atoms with van der Waals surface area (Å²) >= 11 is 6.07. The third-order valence-electron chi connectivity index (χ3n) is 12.7. The van der Waals surface area contributed by atoms with E-state index in [-0.39, 0.29) is 45.7 Å². The fraction of sp³-hybridized carbons (Fsp3) is 0.348. The Balaban J connectivity index is 0.803. The van der Waals surface area contributed by atoms with Crippen molar-refractivity contribution in [3.8, 4) is 11.3 Å². The van der Waals surface area contributed by atoms with Crippen LogP contribution < -0.4 is 36.4 Å². The van der Waals surface area contributed by atoms with Gasteiger partial charge in [-0.2, -0.15) is 5.10 Å². The second kappa shape index (κ2) is 17.3. The second-order valence-electron chi connectivity index (χ2n) is 16.7. The highest BCUT2D eigenvalue weighted by molar-refractivity contribution is 6.31. The molecular weight excluding hydrogens is 825 g/mol. The number of amides is 5. The molecule has 2 aromatic heterocycles. The normalized spacial score (nSPS) is 17.1. The van der Waals surface area contributed by atoms with Gasteiger partial charge in [-0.1, -0.05) is 11.6 Å². The lowest BCUT2D eigenvalue weighted by Gasteiger charge is -2.40. The number of piperidine rings is 1. The van der Waals surface area contributed by atoms with Crippen molar-refractivity contribution < 1.29 is 23.6 Å². The van der Waals surface area contributed by atoms with E-state index in [1.807, 2.05) is 18.2 Å². The maximum absolute atomic E-state index is 16.1. The van der Waals surface area contributed by atoms with Crippen LogP contribution in [0, 0.1) is 25.6 Å². The molecule has 5 amide bonds. The summed E-state index contributed by atoms with van der Waals surface area (Å²) in [6.07, 6.45) is 3.18. The first-order valence-electron chi connectivity index (χ1n) is 21.4. The van der Waals surface area contributed by atoms with Gasteiger partial charge in [0.2, 0.25) is 5.91 Å².